The van der Waals surface area contributed by atoms with Crippen LogP contribution in [0.2, 0.25) is 0 Å². The van der Waals surface area contributed by atoms with Gasteiger partial charge in [-0.1, -0.05) is 0 Å². The van der Waals surface area contributed by atoms with Crippen LogP contribution < -0.4 is 20.1 Å². The molecule has 0 aliphatic carbocycles. The summed E-state index contributed by atoms with van der Waals surface area (Å²) in [6.45, 7) is 5.55. The number of rotatable bonds is 9. The Morgan fingerprint density at radius 3 is 2.61 bits per heavy atom. The number of quaternary nitrogens is 1. The van der Waals surface area contributed by atoms with Gasteiger partial charge in [0.2, 0.25) is 0 Å². The van der Waals surface area contributed by atoms with Crippen LogP contribution in [0.25, 0.3) is 10.9 Å². The molecule has 9 nitrogen and oxygen atoms in total. The van der Waals surface area contributed by atoms with Crippen LogP contribution in [0.3, 0.4) is 0 Å². The van der Waals surface area contributed by atoms with Crippen molar-refractivity contribution >= 4 is 28.3 Å². The number of nitrogens with zero attached hydrogens (tertiary/aromatic N) is 4. The number of fused-ring (bicyclic) bond motifs is 1. The number of alkyl halides is 3. The zero-order valence-corrected chi connectivity index (χ0v) is 24.1. The van der Waals surface area contributed by atoms with Crippen LogP contribution in [0.1, 0.15) is 41.4 Å². The van der Waals surface area contributed by atoms with Crippen LogP contribution in [-0.2, 0) is 6.18 Å². The number of hydrogen-bond donors (Lipinski definition) is 2. The number of carbonyl (C=O) groups is 1. The monoisotopic (exact) mass is 605 g/mol. The maximum Gasteiger partial charge on any atom is 0.416 e. The SMILES string of the molecule is CC1CN=C(c2cc(Oc3ccc4ncc(C(=O)[NH2+]c5cc(OCCN6CCCC6)cc(C(F)(F)F)c5)cc4c3)ccn2)N1. The third-order valence-corrected chi connectivity index (χ3v) is 7.48. The van der Waals surface area contributed by atoms with E-state index >= 15 is 0 Å². The Morgan fingerprint density at radius 2 is 1.84 bits per heavy atom. The standard InChI is InChI=1S/C32H31F3N6O3/c1-20-18-38-30(39-20)29-17-26(6-7-36-29)44-25-4-5-28-21(13-25)12-22(19-37-28)31(42)40-24-14-23(32(33,34)35)15-27(16-24)43-11-10-41-8-2-3-9-41/h4-7,12-17,19-20H,2-3,8-11,18H2,1H3,(H,38,39)(H,40,42)/p+1. The van der Waals surface area contributed by atoms with Crippen molar-refractivity contribution in [2.45, 2.75) is 32.0 Å². The molecule has 12 heteroatoms. The van der Waals surface area contributed by atoms with Gasteiger partial charge < -0.3 is 14.8 Å². The Bertz CT molecular complexity index is 1700. The largest absolute Gasteiger partial charge is 0.492 e. The van der Waals surface area contributed by atoms with Crippen molar-refractivity contribution in [3.63, 3.8) is 0 Å². The van der Waals surface area contributed by atoms with E-state index < -0.39 is 17.6 Å². The van der Waals surface area contributed by atoms with Crippen LogP contribution in [0.5, 0.6) is 17.2 Å². The summed E-state index contributed by atoms with van der Waals surface area (Å²) in [7, 11) is 0. The molecule has 0 saturated carbocycles. The first-order valence-corrected chi connectivity index (χ1v) is 14.5. The van der Waals surface area contributed by atoms with E-state index in [1.807, 2.05) is 6.92 Å². The van der Waals surface area contributed by atoms with Gasteiger partial charge in [-0.05, 0) is 69.3 Å². The highest BCUT2D eigenvalue weighted by Crippen LogP contribution is 2.33. The number of amides is 1. The van der Waals surface area contributed by atoms with Crippen molar-refractivity contribution in [1.29, 1.82) is 0 Å². The van der Waals surface area contributed by atoms with Crippen LogP contribution in [0.4, 0.5) is 18.9 Å². The van der Waals surface area contributed by atoms with Crippen LogP contribution >= 0.6 is 0 Å². The number of aromatic nitrogens is 2. The van der Waals surface area contributed by atoms with E-state index in [2.05, 4.69) is 25.2 Å². The normalized spacial score (nSPS) is 17.0. The van der Waals surface area contributed by atoms with Gasteiger partial charge in [0.15, 0.2) is 0 Å². The molecule has 2 aliphatic heterocycles. The Balaban J connectivity index is 1.17. The summed E-state index contributed by atoms with van der Waals surface area (Å²) in [5.41, 5.74) is 0.762. The van der Waals surface area contributed by atoms with Gasteiger partial charge in [-0.3, -0.25) is 19.9 Å². The van der Waals surface area contributed by atoms with Crippen molar-refractivity contribution in [2.75, 3.05) is 32.8 Å². The zero-order valence-electron chi connectivity index (χ0n) is 24.1. The molecule has 2 aliphatic rings. The summed E-state index contributed by atoms with van der Waals surface area (Å²) in [4.78, 5) is 28.6. The molecule has 4 aromatic rings. The van der Waals surface area contributed by atoms with E-state index in [1.54, 1.807) is 42.6 Å². The number of primary amides is 1. The molecule has 1 amide bonds. The average Bonchev–Trinajstić information content (AvgIpc) is 3.68. The Labute approximate surface area is 252 Å². The number of aliphatic imine (C=N–C) groups is 1. The fourth-order valence-corrected chi connectivity index (χ4v) is 5.24. The van der Waals surface area contributed by atoms with Gasteiger partial charge in [0.05, 0.1) is 23.2 Å². The Morgan fingerprint density at radius 1 is 1.02 bits per heavy atom. The van der Waals surface area contributed by atoms with Crippen molar-refractivity contribution in [2.24, 2.45) is 4.99 Å². The number of nitrogens with two attached hydrogens (primary N) is 1. The van der Waals surface area contributed by atoms with Crippen molar-refractivity contribution < 1.29 is 32.8 Å². The molecular formula is C32H32F3N6O3+. The van der Waals surface area contributed by atoms with E-state index in [4.69, 9.17) is 9.47 Å². The molecule has 1 saturated heterocycles. The second kappa shape index (κ2) is 12.6. The molecule has 3 N–H and O–H groups in total. The van der Waals surface area contributed by atoms with E-state index in [-0.39, 0.29) is 29.6 Å². The van der Waals surface area contributed by atoms with E-state index in [0.29, 0.717) is 47.0 Å². The molecule has 44 heavy (non-hydrogen) atoms. The molecule has 2 aromatic heterocycles. The smallest absolute Gasteiger partial charge is 0.416 e. The zero-order chi connectivity index (χ0) is 30.7. The Kier molecular flexibility index (Phi) is 8.45. The summed E-state index contributed by atoms with van der Waals surface area (Å²) < 4.78 is 52.7. The van der Waals surface area contributed by atoms with E-state index in [1.165, 1.54) is 17.6 Å². The fourth-order valence-electron chi connectivity index (χ4n) is 5.24. The van der Waals surface area contributed by atoms with Gasteiger partial charge >= 0.3 is 12.1 Å². The number of hydrogen-bond acceptors (Lipinski definition) is 8. The first kappa shape index (κ1) is 29.5. The number of likely N-dealkylation sites (tertiary alicyclic amines) is 1. The summed E-state index contributed by atoms with van der Waals surface area (Å²) >= 11 is 0. The number of ether oxygens (including phenoxy) is 2. The van der Waals surface area contributed by atoms with E-state index in [9.17, 15) is 18.0 Å². The highest BCUT2D eigenvalue weighted by atomic mass is 19.4. The molecular weight excluding hydrogens is 573 g/mol. The molecule has 1 atom stereocenters. The molecule has 228 valence electrons. The lowest BCUT2D eigenvalue weighted by Gasteiger charge is -2.16. The summed E-state index contributed by atoms with van der Waals surface area (Å²) in [6, 6.07) is 14.1. The fraction of sp³-hybridized carbons (Fsp3) is 0.312. The number of nitrogens with one attached hydrogen (secondary N) is 1. The maximum atomic E-state index is 13.7. The second-order valence-corrected chi connectivity index (χ2v) is 11.0. The van der Waals surface area contributed by atoms with Gasteiger partial charge in [0, 0.05) is 48.6 Å². The molecule has 0 radical (unpaired) electrons. The molecule has 0 spiro atoms. The molecule has 0 bridgehead atoms. The van der Waals surface area contributed by atoms with Gasteiger partial charge in [0.1, 0.15) is 41.1 Å². The highest BCUT2D eigenvalue weighted by Gasteiger charge is 2.32. The Hall–Kier alpha value is -4.55. The molecule has 4 heterocycles. The topological polar surface area (TPSA) is 106 Å². The molecule has 2 aromatic carbocycles. The third kappa shape index (κ3) is 7.14. The van der Waals surface area contributed by atoms with Gasteiger partial charge in [-0.2, -0.15) is 13.2 Å². The summed E-state index contributed by atoms with van der Waals surface area (Å²) in [5, 5.41) is 5.09. The van der Waals surface area contributed by atoms with Gasteiger partial charge in [-0.15, -0.1) is 0 Å². The van der Waals surface area contributed by atoms with Crippen LogP contribution in [0.15, 0.2) is 72.0 Å². The average molecular weight is 606 g/mol. The summed E-state index contributed by atoms with van der Waals surface area (Å²) in [6.07, 6.45) is 0.694. The predicted molar refractivity (Wildman–Crippen MR) is 159 cm³/mol. The van der Waals surface area contributed by atoms with Crippen molar-refractivity contribution in [3.8, 4) is 17.2 Å². The first-order chi connectivity index (χ1) is 21.2. The number of pyridine rings is 2. The third-order valence-electron chi connectivity index (χ3n) is 7.48. The first-order valence-electron chi connectivity index (χ1n) is 14.5. The lowest BCUT2D eigenvalue weighted by molar-refractivity contribution is -0.464. The maximum absolute atomic E-state index is 13.7. The number of amidine groups is 1. The molecule has 1 fully saturated rings. The van der Waals surface area contributed by atoms with Crippen LogP contribution in [-0.4, -0.2) is 65.4 Å². The van der Waals surface area contributed by atoms with Crippen LogP contribution in [0, 0.1) is 0 Å². The predicted octanol–water partition coefficient (Wildman–Crippen LogP) is 4.69. The quantitative estimate of drug-likeness (QED) is 0.267. The second-order valence-electron chi connectivity index (χ2n) is 11.0. The number of carbonyl (C=O) groups excluding carboxylic acids is 1. The number of halogens is 3. The number of benzene rings is 2. The lowest BCUT2D eigenvalue weighted by Crippen LogP contribution is -2.82. The minimum Gasteiger partial charge on any atom is -0.492 e. The highest BCUT2D eigenvalue weighted by molar-refractivity contribution is 5.98. The minimum absolute atomic E-state index is 0.0704. The van der Waals surface area contributed by atoms with E-state index in [0.717, 1.165) is 38.1 Å². The van der Waals surface area contributed by atoms with Crippen molar-refractivity contribution in [3.05, 3.63) is 83.8 Å². The van der Waals surface area contributed by atoms with Gasteiger partial charge in [0.25, 0.3) is 0 Å². The molecule has 1 unspecified atom stereocenters. The minimum atomic E-state index is -4.59. The van der Waals surface area contributed by atoms with Gasteiger partial charge in [-0.25, -0.2) is 10.1 Å². The lowest BCUT2D eigenvalue weighted by atomic mass is 10.1. The summed E-state index contributed by atoms with van der Waals surface area (Å²) in [5.74, 6) is 1.39. The van der Waals surface area contributed by atoms with Crippen molar-refractivity contribution in [1.82, 2.24) is 20.2 Å². The molecule has 6 rings (SSSR count).